The van der Waals surface area contributed by atoms with Crippen molar-refractivity contribution in [2.75, 3.05) is 13.7 Å². The zero-order valence-corrected chi connectivity index (χ0v) is 8.99. The van der Waals surface area contributed by atoms with Crippen LogP contribution in [0.4, 0.5) is 0 Å². The van der Waals surface area contributed by atoms with Crippen LogP contribution in [0.15, 0.2) is 30.3 Å². The topological polar surface area (TPSA) is 9.23 Å². The Morgan fingerprint density at radius 1 is 1.36 bits per heavy atom. The van der Waals surface area contributed by atoms with E-state index in [-0.39, 0.29) is 0 Å². The third-order valence-electron chi connectivity index (χ3n) is 2.07. The summed E-state index contributed by atoms with van der Waals surface area (Å²) in [4.78, 5) is 0. The number of rotatable bonds is 5. The van der Waals surface area contributed by atoms with E-state index in [1.54, 1.807) is 7.11 Å². The number of benzene rings is 1. The minimum Gasteiger partial charge on any atom is -0.385 e. The zero-order valence-electron chi connectivity index (χ0n) is 8.99. The van der Waals surface area contributed by atoms with Gasteiger partial charge in [-0.3, -0.25) is 0 Å². The fraction of sp³-hybridized carbons (Fsp3) is 0.385. The summed E-state index contributed by atoms with van der Waals surface area (Å²) in [6, 6.07) is 8.51. The number of ether oxygens (including phenoxy) is 1. The highest BCUT2D eigenvalue weighted by Gasteiger charge is 1.87. The second-order valence-electron chi connectivity index (χ2n) is 3.45. The number of allylic oxidation sites excluding steroid dienone is 1. The number of methoxy groups -OCH3 is 1. The first kappa shape index (κ1) is 11.0. The van der Waals surface area contributed by atoms with Gasteiger partial charge in [-0.2, -0.15) is 0 Å². The van der Waals surface area contributed by atoms with E-state index in [0.29, 0.717) is 0 Å². The molecule has 0 saturated carbocycles. The molecule has 0 aliphatic rings. The van der Waals surface area contributed by atoms with Gasteiger partial charge in [0.1, 0.15) is 0 Å². The predicted octanol–water partition coefficient (Wildman–Crippen LogP) is 3.43. The summed E-state index contributed by atoms with van der Waals surface area (Å²) < 4.78 is 4.98. The molecule has 0 spiro atoms. The van der Waals surface area contributed by atoms with Crippen LogP contribution in [0.2, 0.25) is 0 Å². The number of hydrogen-bond acceptors (Lipinski definition) is 1. The van der Waals surface area contributed by atoms with Gasteiger partial charge in [0, 0.05) is 13.7 Å². The predicted molar refractivity (Wildman–Crippen MR) is 61.3 cm³/mol. The first-order chi connectivity index (χ1) is 6.83. The molecule has 14 heavy (non-hydrogen) atoms. The first-order valence-electron chi connectivity index (χ1n) is 5.05. The third kappa shape index (κ3) is 4.24. The summed E-state index contributed by atoms with van der Waals surface area (Å²) in [7, 11) is 1.74. The van der Waals surface area contributed by atoms with E-state index in [1.165, 1.54) is 11.1 Å². The average Bonchev–Trinajstić information content (AvgIpc) is 2.18. The van der Waals surface area contributed by atoms with Crippen molar-refractivity contribution >= 4 is 6.08 Å². The summed E-state index contributed by atoms with van der Waals surface area (Å²) in [6.45, 7) is 2.96. The van der Waals surface area contributed by atoms with Gasteiger partial charge >= 0.3 is 0 Å². The van der Waals surface area contributed by atoms with Crippen LogP contribution in [0.5, 0.6) is 0 Å². The third-order valence-corrected chi connectivity index (χ3v) is 2.07. The molecule has 1 aromatic carbocycles. The molecule has 0 heterocycles. The minimum absolute atomic E-state index is 0.845. The summed E-state index contributed by atoms with van der Waals surface area (Å²) in [6.07, 6.45) is 6.55. The molecule has 0 aromatic heterocycles. The molecule has 0 amide bonds. The maximum Gasteiger partial charge on any atom is 0.0465 e. The molecule has 1 nitrogen and oxygen atoms in total. The van der Waals surface area contributed by atoms with E-state index in [9.17, 15) is 0 Å². The summed E-state index contributed by atoms with van der Waals surface area (Å²) in [5, 5.41) is 0. The average molecular weight is 190 g/mol. The lowest BCUT2D eigenvalue weighted by atomic mass is 10.1. The van der Waals surface area contributed by atoms with Crippen molar-refractivity contribution in [1.82, 2.24) is 0 Å². The van der Waals surface area contributed by atoms with E-state index in [4.69, 9.17) is 4.74 Å². The molecule has 0 N–H and O–H groups in total. The van der Waals surface area contributed by atoms with Crippen molar-refractivity contribution in [1.29, 1.82) is 0 Å². The number of unbranched alkanes of at least 4 members (excludes halogenated alkanes) is 1. The molecule has 0 atom stereocenters. The van der Waals surface area contributed by atoms with Crippen molar-refractivity contribution in [3.63, 3.8) is 0 Å². The normalized spacial score (nSPS) is 11.0. The van der Waals surface area contributed by atoms with E-state index >= 15 is 0 Å². The van der Waals surface area contributed by atoms with Crippen LogP contribution in [0.25, 0.3) is 6.08 Å². The molecule has 0 aliphatic heterocycles. The SMILES string of the molecule is COCCC/C=C/c1cccc(C)c1. The Labute approximate surface area is 86.4 Å². The molecule has 76 valence electrons. The summed E-state index contributed by atoms with van der Waals surface area (Å²) in [5.74, 6) is 0. The number of hydrogen-bond donors (Lipinski definition) is 0. The Balaban J connectivity index is 2.36. The van der Waals surface area contributed by atoms with E-state index in [1.807, 2.05) is 0 Å². The molecule has 0 radical (unpaired) electrons. The molecular weight excluding hydrogens is 172 g/mol. The van der Waals surface area contributed by atoms with Gasteiger partial charge in [0.05, 0.1) is 0 Å². The first-order valence-corrected chi connectivity index (χ1v) is 5.05. The Kier molecular flexibility index (Phi) is 5.02. The monoisotopic (exact) mass is 190 g/mol. The fourth-order valence-electron chi connectivity index (χ4n) is 1.34. The van der Waals surface area contributed by atoms with Gasteiger partial charge in [-0.15, -0.1) is 0 Å². The van der Waals surface area contributed by atoms with Crippen molar-refractivity contribution < 1.29 is 4.74 Å². The molecule has 0 unspecified atom stereocenters. The van der Waals surface area contributed by atoms with E-state index in [0.717, 1.165) is 19.4 Å². The second-order valence-corrected chi connectivity index (χ2v) is 3.45. The standard InChI is InChI=1S/C13H18O/c1-12-7-6-9-13(11-12)8-4-3-5-10-14-2/h4,6-9,11H,3,5,10H2,1-2H3/b8-4+. The highest BCUT2D eigenvalue weighted by molar-refractivity contribution is 5.49. The molecule has 0 saturated heterocycles. The highest BCUT2D eigenvalue weighted by Crippen LogP contribution is 2.06. The Hall–Kier alpha value is -1.08. The quantitative estimate of drug-likeness (QED) is 0.646. The minimum atomic E-state index is 0.845. The maximum atomic E-state index is 4.98. The van der Waals surface area contributed by atoms with Crippen molar-refractivity contribution in [2.45, 2.75) is 19.8 Å². The molecule has 1 heteroatoms. The van der Waals surface area contributed by atoms with E-state index < -0.39 is 0 Å². The Bertz CT molecular complexity index is 289. The van der Waals surface area contributed by atoms with Gasteiger partial charge in [0.15, 0.2) is 0 Å². The van der Waals surface area contributed by atoms with Gasteiger partial charge in [0.2, 0.25) is 0 Å². The Morgan fingerprint density at radius 2 is 2.21 bits per heavy atom. The smallest absolute Gasteiger partial charge is 0.0465 e. The molecule has 0 aliphatic carbocycles. The lowest BCUT2D eigenvalue weighted by Crippen LogP contribution is -1.85. The summed E-state index contributed by atoms with van der Waals surface area (Å²) >= 11 is 0. The molecule has 1 rings (SSSR count). The van der Waals surface area contributed by atoms with Crippen LogP contribution < -0.4 is 0 Å². The van der Waals surface area contributed by atoms with Gasteiger partial charge in [0.25, 0.3) is 0 Å². The molecular formula is C13H18O. The maximum absolute atomic E-state index is 4.98. The van der Waals surface area contributed by atoms with Gasteiger partial charge < -0.3 is 4.74 Å². The largest absolute Gasteiger partial charge is 0.385 e. The lowest BCUT2D eigenvalue weighted by molar-refractivity contribution is 0.196. The van der Waals surface area contributed by atoms with Crippen LogP contribution in [-0.4, -0.2) is 13.7 Å². The fourth-order valence-corrected chi connectivity index (χ4v) is 1.34. The van der Waals surface area contributed by atoms with Crippen LogP contribution in [0.3, 0.4) is 0 Å². The molecule has 0 fully saturated rings. The number of aryl methyl sites for hydroxylation is 1. The summed E-state index contributed by atoms with van der Waals surface area (Å²) in [5.41, 5.74) is 2.59. The zero-order chi connectivity index (χ0) is 10.2. The van der Waals surface area contributed by atoms with Crippen LogP contribution in [-0.2, 0) is 4.74 Å². The van der Waals surface area contributed by atoms with Gasteiger partial charge in [-0.1, -0.05) is 42.0 Å². The van der Waals surface area contributed by atoms with Crippen molar-refractivity contribution in [3.05, 3.63) is 41.5 Å². The molecule has 1 aromatic rings. The molecule has 0 bridgehead atoms. The highest BCUT2D eigenvalue weighted by atomic mass is 16.5. The van der Waals surface area contributed by atoms with E-state index in [2.05, 4.69) is 43.3 Å². The Morgan fingerprint density at radius 3 is 2.93 bits per heavy atom. The van der Waals surface area contributed by atoms with Gasteiger partial charge in [-0.25, -0.2) is 0 Å². The van der Waals surface area contributed by atoms with Crippen LogP contribution in [0, 0.1) is 6.92 Å². The van der Waals surface area contributed by atoms with Crippen LogP contribution in [0.1, 0.15) is 24.0 Å². The van der Waals surface area contributed by atoms with Crippen molar-refractivity contribution in [3.8, 4) is 0 Å². The van der Waals surface area contributed by atoms with Crippen molar-refractivity contribution in [2.24, 2.45) is 0 Å². The van der Waals surface area contributed by atoms with Crippen LogP contribution >= 0.6 is 0 Å². The second kappa shape index (κ2) is 6.39. The van der Waals surface area contributed by atoms with Gasteiger partial charge in [-0.05, 0) is 25.3 Å². The lowest BCUT2D eigenvalue weighted by Gasteiger charge is -1.96.